The number of ether oxygens (including phenoxy) is 1. The molecule has 17 heavy (non-hydrogen) atoms. The fourth-order valence-electron chi connectivity index (χ4n) is 2.51. The summed E-state index contributed by atoms with van der Waals surface area (Å²) in [6.45, 7) is 1.16. The van der Waals surface area contributed by atoms with Gasteiger partial charge in [-0.05, 0) is 54.8 Å². The van der Waals surface area contributed by atoms with E-state index in [1.807, 2.05) is 11.3 Å². The first-order chi connectivity index (χ1) is 8.38. The maximum Gasteiger partial charge on any atom is 0.120 e. The van der Waals surface area contributed by atoms with Crippen LogP contribution in [0, 0.1) is 0 Å². The Balaban J connectivity index is 1.99. The fourth-order valence-corrected chi connectivity index (χ4v) is 3.83. The molecule has 2 nitrogen and oxygen atoms in total. The predicted octanol–water partition coefficient (Wildman–Crippen LogP) is 3.12. The number of rotatable bonds is 3. The molecule has 2 aromatic rings. The Labute approximate surface area is 105 Å². The number of thiophene rings is 1. The molecule has 1 aliphatic carbocycles. The van der Waals surface area contributed by atoms with E-state index in [0.29, 0.717) is 13.2 Å². The third-order valence-electron chi connectivity index (χ3n) is 3.32. The van der Waals surface area contributed by atoms with Crippen molar-refractivity contribution >= 4 is 21.4 Å². The van der Waals surface area contributed by atoms with E-state index in [1.165, 1.54) is 35.8 Å². The van der Waals surface area contributed by atoms with Gasteiger partial charge in [-0.3, -0.25) is 0 Å². The maximum atomic E-state index is 5.58. The molecular formula is C14H17NOS. The second-order valence-corrected chi connectivity index (χ2v) is 5.64. The van der Waals surface area contributed by atoms with Gasteiger partial charge in [-0.2, -0.15) is 0 Å². The third-order valence-corrected chi connectivity index (χ3v) is 4.57. The van der Waals surface area contributed by atoms with Crippen LogP contribution in [-0.2, 0) is 12.8 Å². The molecule has 0 unspecified atom stereocenters. The van der Waals surface area contributed by atoms with Crippen molar-refractivity contribution < 1.29 is 4.74 Å². The van der Waals surface area contributed by atoms with Crippen LogP contribution in [0.25, 0.3) is 10.1 Å². The Kier molecular flexibility index (Phi) is 3.04. The van der Waals surface area contributed by atoms with Crippen LogP contribution in [0.2, 0.25) is 0 Å². The lowest BCUT2D eigenvalue weighted by atomic mass is 9.96. The Hall–Kier alpha value is -1.06. The molecule has 1 aromatic heterocycles. The van der Waals surface area contributed by atoms with Crippen LogP contribution < -0.4 is 10.5 Å². The number of fused-ring (bicyclic) bond motifs is 3. The summed E-state index contributed by atoms with van der Waals surface area (Å²) in [5.74, 6) is 0.946. The van der Waals surface area contributed by atoms with Gasteiger partial charge in [0, 0.05) is 16.1 Å². The van der Waals surface area contributed by atoms with Crippen LogP contribution in [-0.4, -0.2) is 13.2 Å². The average Bonchev–Trinajstić information content (AvgIpc) is 2.74. The Morgan fingerprint density at radius 1 is 1.24 bits per heavy atom. The highest BCUT2D eigenvalue weighted by molar-refractivity contribution is 7.19. The minimum atomic E-state index is 0.568. The summed E-state index contributed by atoms with van der Waals surface area (Å²) in [6.07, 6.45) is 5.19. The summed E-state index contributed by atoms with van der Waals surface area (Å²) in [4.78, 5) is 1.59. The number of aryl methyl sites for hydroxylation is 2. The first-order valence-electron chi connectivity index (χ1n) is 6.25. The zero-order valence-electron chi connectivity index (χ0n) is 9.87. The van der Waals surface area contributed by atoms with Crippen molar-refractivity contribution in [1.82, 2.24) is 0 Å². The molecule has 0 fully saturated rings. The van der Waals surface area contributed by atoms with Gasteiger partial charge in [-0.25, -0.2) is 0 Å². The highest BCUT2D eigenvalue weighted by Gasteiger charge is 2.15. The van der Waals surface area contributed by atoms with Crippen molar-refractivity contribution in [2.24, 2.45) is 5.73 Å². The number of hydrogen-bond donors (Lipinski definition) is 1. The highest BCUT2D eigenvalue weighted by Crippen LogP contribution is 2.37. The predicted molar refractivity (Wildman–Crippen MR) is 73.0 cm³/mol. The average molecular weight is 247 g/mol. The first kappa shape index (κ1) is 11.1. The van der Waals surface area contributed by atoms with Gasteiger partial charge in [-0.15, -0.1) is 11.3 Å². The summed E-state index contributed by atoms with van der Waals surface area (Å²) in [5, 5.41) is 1.43. The van der Waals surface area contributed by atoms with Gasteiger partial charge < -0.3 is 10.5 Å². The van der Waals surface area contributed by atoms with Gasteiger partial charge in [0.1, 0.15) is 12.4 Å². The molecule has 0 amide bonds. The quantitative estimate of drug-likeness (QED) is 0.904. The molecule has 2 N–H and O–H groups in total. The zero-order chi connectivity index (χ0) is 11.7. The monoisotopic (exact) mass is 247 g/mol. The van der Waals surface area contributed by atoms with Crippen molar-refractivity contribution in [3.8, 4) is 5.75 Å². The Morgan fingerprint density at radius 3 is 3.00 bits per heavy atom. The molecule has 0 radical (unpaired) electrons. The molecule has 0 saturated carbocycles. The molecule has 90 valence electrons. The van der Waals surface area contributed by atoms with Gasteiger partial charge in [0.25, 0.3) is 0 Å². The van der Waals surface area contributed by atoms with E-state index in [4.69, 9.17) is 10.5 Å². The lowest BCUT2D eigenvalue weighted by Crippen LogP contribution is -2.10. The standard InChI is InChI=1S/C14H17NOS/c15-7-8-16-10-5-6-12-11-3-1-2-4-13(11)17-14(12)9-10/h5-6,9H,1-4,7-8,15H2. The summed E-state index contributed by atoms with van der Waals surface area (Å²) in [5.41, 5.74) is 7.03. The lowest BCUT2D eigenvalue weighted by Gasteiger charge is -2.10. The van der Waals surface area contributed by atoms with Crippen LogP contribution in [0.3, 0.4) is 0 Å². The van der Waals surface area contributed by atoms with Crippen LogP contribution in [0.1, 0.15) is 23.3 Å². The minimum absolute atomic E-state index is 0.568. The summed E-state index contributed by atoms with van der Waals surface area (Å²) < 4.78 is 6.94. The minimum Gasteiger partial charge on any atom is -0.492 e. The second kappa shape index (κ2) is 4.67. The topological polar surface area (TPSA) is 35.2 Å². The van der Waals surface area contributed by atoms with Crippen LogP contribution in [0.15, 0.2) is 18.2 Å². The van der Waals surface area contributed by atoms with E-state index in [9.17, 15) is 0 Å². The second-order valence-electron chi connectivity index (χ2n) is 4.51. The molecule has 3 rings (SSSR count). The number of nitrogens with two attached hydrogens (primary N) is 1. The lowest BCUT2D eigenvalue weighted by molar-refractivity contribution is 0.329. The molecule has 1 aliphatic rings. The van der Waals surface area contributed by atoms with Gasteiger partial charge >= 0.3 is 0 Å². The van der Waals surface area contributed by atoms with Crippen LogP contribution in [0.5, 0.6) is 5.75 Å². The SMILES string of the molecule is NCCOc1ccc2c3c(sc2c1)CCCC3. The molecule has 0 aliphatic heterocycles. The molecule has 0 saturated heterocycles. The van der Waals surface area contributed by atoms with Crippen molar-refractivity contribution in [1.29, 1.82) is 0 Å². The summed E-state index contributed by atoms with van der Waals surface area (Å²) >= 11 is 1.94. The molecule has 1 heterocycles. The van der Waals surface area contributed by atoms with Gasteiger partial charge in [-0.1, -0.05) is 0 Å². The zero-order valence-corrected chi connectivity index (χ0v) is 10.7. The van der Waals surface area contributed by atoms with E-state index in [1.54, 1.807) is 10.4 Å². The number of hydrogen-bond acceptors (Lipinski definition) is 3. The van der Waals surface area contributed by atoms with Crippen molar-refractivity contribution in [2.45, 2.75) is 25.7 Å². The molecule has 1 aromatic carbocycles. The normalized spacial score (nSPS) is 14.9. The van der Waals surface area contributed by atoms with Crippen LogP contribution in [0.4, 0.5) is 0 Å². The number of benzene rings is 1. The van der Waals surface area contributed by atoms with E-state index in [-0.39, 0.29) is 0 Å². The van der Waals surface area contributed by atoms with E-state index >= 15 is 0 Å². The Bertz CT molecular complexity index is 532. The first-order valence-corrected chi connectivity index (χ1v) is 7.07. The molecule has 3 heteroatoms. The third kappa shape index (κ3) is 2.05. The maximum absolute atomic E-state index is 5.58. The highest BCUT2D eigenvalue weighted by atomic mass is 32.1. The van der Waals surface area contributed by atoms with Gasteiger partial charge in [0.05, 0.1) is 0 Å². The van der Waals surface area contributed by atoms with E-state index in [2.05, 4.69) is 18.2 Å². The Morgan fingerprint density at radius 2 is 2.12 bits per heavy atom. The fraction of sp³-hybridized carbons (Fsp3) is 0.429. The molecular weight excluding hydrogens is 230 g/mol. The van der Waals surface area contributed by atoms with Gasteiger partial charge in [0.15, 0.2) is 0 Å². The molecule has 0 atom stereocenters. The van der Waals surface area contributed by atoms with E-state index < -0.39 is 0 Å². The summed E-state index contributed by atoms with van der Waals surface area (Å²) in [7, 11) is 0. The molecule has 0 bridgehead atoms. The largest absolute Gasteiger partial charge is 0.492 e. The smallest absolute Gasteiger partial charge is 0.120 e. The van der Waals surface area contributed by atoms with Crippen molar-refractivity contribution in [3.05, 3.63) is 28.6 Å². The van der Waals surface area contributed by atoms with Crippen molar-refractivity contribution in [3.63, 3.8) is 0 Å². The van der Waals surface area contributed by atoms with E-state index in [0.717, 1.165) is 5.75 Å². The van der Waals surface area contributed by atoms with Gasteiger partial charge in [0.2, 0.25) is 0 Å². The van der Waals surface area contributed by atoms with Crippen molar-refractivity contribution in [2.75, 3.05) is 13.2 Å². The molecule has 0 spiro atoms. The van der Waals surface area contributed by atoms with Crippen LogP contribution >= 0.6 is 11.3 Å². The summed E-state index contributed by atoms with van der Waals surface area (Å²) in [6, 6.07) is 6.44.